The first-order chi connectivity index (χ1) is 13.6. The zero-order chi connectivity index (χ0) is 19.9. The summed E-state index contributed by atoms with van der Waals surface area (Å²) in [7, 11) is 0. The predicted octanol–water partition coefficient (Wildman–Crippen LogP) is 1.96. The van der Waals surface area contributed by atoms with Crippen molar-refractivity contribution in [1.29, 1.82) is 0 Å². The van der Waals surface area contributed by atoms with Gasteiger partial charge in [-0.05, 0) is 76.6 Å². The van der Waals surface area contributed by atoms with Gasteiger partial charge < -0.3 is 15.0 Å². The fraction of sp³-hybridized carbons (Fsp3) is 0.571. The number of hydrogen-bond donors (Lipinski definition) is 1. The summed E-state index contributed by atoms with van der Waals surface area (Å²) < 4.78 is 4.95. The van der Waals surface area contributed by atoms with Crippen molar-refractivity contribution in [3.63, 3.8) is 0 Å². The van der Waals surface area contributed by atoms with Crippen molar-refractivity contribution in [3.8, 4) is 0 Å². The van der Waals surface area contributed by atoms with Crippen molar-refractivity contribution in [3.05, 3.63) is 29.8 Å². The van der Waals surface area contributed by atoms with Crippen LogP contribution in [-0.2, 0) is 14.3 Å². The molecule has 3 rings (SSSR count). The number of nitrogens with zero attached hydrogens (tertiary/aromatic N) is 2. The smallest absolute Gasteiger partial charge is 0.338 e. The summed E-state index contributed by atoms with van der Waals surface area (Å²) in [6.07, 6.45) is 5.00. The third kappa shape index (κ3) is 4.97. The number of imide groups is 1. The number of carbonyl (C=O) groups excluding carboxylic acids is 3. The van der Waals surface area contributed by atoms with E-state index in [1.165, 1.54) is 24.2 Å². The molecule has 1 N–H and O–H groups in total. The van der Waals surface area contributed by atoms with Gasteiger partial charge in [0.25, 0.3) is 5.91 Å². The van der Waals surface area contributed by atoms with E-state index in [4.69, 9.17) is 4.74 Å². The molecule has 2 saturated heterocycles. The van der Waals surface area contributed by atoms with Gasteiger partial charge in [0.2, 0.25) is 5.91 Å². The Morgan fingerprint density at radius 1 is 1.14 bits per heavy atom. The monoisotopic (exact) mass is 387 g/mol. The third-order valence-corrected chi connectivity index (χ3v) is 5.27. The van der Waals surface area contributed by atoms with Crippen LogP contribution in [0.1, 0.15) is 49.4 Å². The van der Waals surface area contributed by atoms with Crippen LogP contribution in [-0.4, -0.2) is 61.5 Å². The highest BCUT2D eigenvalue weighted by atomic mass is 16.5. The quantitative estimate of drug-likeness (QED) is 0.417. The van der Waals surface area contributed by atoms with Gasteiger partial charge >= 0.3 is 5.97 Å². The topological polar surface area (TPSA) is 79.0 Å². The number of amides is 2. The molecule has 28 heavy (non-hydrogen) atoms. The average molecular weight is 387 g/mol. The Hall–Kier alpha value is -2.25. The zero-order valence-electron chi connectivity index (χ0n) is 16.5. The zero-order valence-corrected chi connectivity index (χ0v) is 16.5. The maximum atomic E-state index is 12.7. The lowest BCUT2D eigenvalue weighted by Gasteiger charge is -2.26. The van der Waals surface area contributed by atoms with Crippen LogP contribution in [0.25, 0.3) is 0 Å². The van der Waals surface area contributed by atoms with Crippen molar-refractivity contribution < 1.29 is 19.1 Å². The molecule has 1 atom stereocenters. The molecule has 1 unspecified atom stereocenters. The second-order valence-corrected chi connectivity index (χ2v) is 7.30. The molecule has 1 aromatic carbocycles. The molecule has 2 aliphatic rings. The number of nitrogens with one attached hydrogen (secondary N) is 1. The summed E-state index contributed by atoms with van der Waals surface area (Å²) in [6, 6.07) is 5.90. The van der Waals surface area contributed by atoms with Crippen LogP contribution in [0.2, 0.25) is 0 Å². The van der Waals surface area contributed by atoms with Gasteiger partial charge in [0.15, 0.2) is 0 Å². The molecule has 7 heteroatoms. The van der Waals surface area contributed by atoms with Gasteiger partial charge in [-0.1, -0.05) is 6.42 Å². The van der Waals surface area contributed by atoms with E-state index >= 15 is 0 Å². The molecule has 2 fully saturated rings. The fourth-order valence-electron chi connectivity index (χ4n) is 3.79. The van der Waals surface area contributed by atoms with Crippen LogP contribution in [0.4, 0.5) is 5.69 Å². The van der Waals surface area contributed by atoms with Crippen LogP contribution in [0, 0.1) is 0 Å². The number of rotatable bonds is 8. The van der Waals surface area contributed by atoms with Crippen molar-refractivity contribution in [2.24, 2.45) is 0 Å². The summed E-state index contributed by atoms with van der Waals surface area (Å²) in [5.41, 5.74) is 0.887. The second-order valence-electron chi connectivity index (χ2n) is 7.30. The molecule has 2 amide bonds. The number of hydrogen-bond acceptors (Lipinski definition) is 6. The maximum absolute atomic E-state index is 12.7. The lowest BCUT2D eigenvalue weighted by Crippen LogP contribution is -2.40. The summed E-state index contributed by atoms with van der Waals surface area (Å²) in [5.74, 6) is -0.865. The number of ether oxygens (including phenoxy) is 1. The van der Waals surface area contributed by atoms with E-state index in [-0.39, 0.29) is 18.2 Å². The minimum absolute atomic E-state index is 0.169. The predicted molar refractivity (Wildman–Crippen MR) is 106 cm³/mol. The van der Waals surface area contributed by atoms with E-state index in [9.17, 15) is 14.4 Å². The average Bonchev–Trinajstić information content (AvgIpc) is 2.99. The summed E-state index contributed by atoms with van der Waals surface area (Å²) in [5, 5.41) is 3.23. The molecule has 152 valence electrons. The van der Waals surface area contributed by atoms with E-state index in [1.807, 2.05) is 0 Å². The Morgan fingerprint density at radius 2 is 1.86 bits per heavy atom. The fourth-order valence-corrected chi connectivity index (χ4v) is 3.79. The Kier molecular flexibility index (Phi) is 7.17. The van der Waals surface area contributed by atoms with Crippen LogP contribution in [0.5, 0.6) is 0 Å². The molecule has 0 saturated carbocycles. The largest absolute Gasteiger partial charge is 0.462 e. The molecule has 1 aromatic rings. The lowest BCUT2D eigenvalue weighted by molar-refractivity contribution is -0.121. The number of piperidine rings is 1. The second kappa shape index (κ2) is 9.80. The molecule has 0 bridgehead atoms. The molecule has 2 aliphatic heterocycles. The SMILES string of the molecule is CCOC(=O)c1ccc(N2C(=O)CC(NCCCN3CCCCC3)C2=O)cc1. The molecule has 2 heterocycles. The van der Waals surface area contributed by atoms with Gasteiger partial charge in [-0.3, -0.25) is 9.59 Å². The lowest BCUT2D eigenvalue weighted by atomic mass is 10.1. The maximum Gasteiger partial charge on any atom is 0.338 e. The normalized spacial score (nSPS) is 20.6. The summed E-state index contributed by atoms with van der Waals surface area (Å²) in [6.45, 7) is 6.12. The van der Waals surface area contributed by atoms with Crippen molar-refractivity contribution in [1.82, 2.24) is 10.2 Å². The highest BCUT2D eigenvalue weighted by Gasteiger charge is 2.39. The van der Waals surface area contributed by atoms with Crippen LogP contribution >= 0.6 is 0 Å². The number of likely N-dealkylation sites (tertiary alicyclic amines) is 1. The van der Waals surface area contributed by atoms with E-state index < -0.39 is 12.0 Å². The first-order valence-corrected chi connectivity index (χ1v) is 10.2. The number of esters is 1. The molecule has 0 radical (unpaired) electrons. The Balaban J connectivity index is 1.50. The number of benzene rings is 1. The molecule has 0 aromatic heterocycles. The van der Waals surface area contributed by atoms with Crippen molar-refractivity contribution >= 4 is 23.5 Å². The van der Waals surface area contributed by atoms with Crippen LogP contribution < -0.4 is 10.2 Å². The molecule has 7 nitrogen and oxygen atoms in total. The molecular weight excluding hydrogens is 358 g/mol. The minimum atomic E-state index is -0.474. The number of carbonyl (C=O) groups is 3. The first kappa shape index (κ1) is 20.5. The summed E-state index contributed by atoms with van der Waals surface area (Å²) >= 11 is 0. The molecular formula is C21H29N3O4. The van der Waals surface area contributed by atoms with Crippen molar-refractivity contribution in [2.75, 3.05) is 37.7 Å². The van der Waals surface area contributed by atoms with Gasteiger partial charge in [0, 0.05) is 0 Å². The van der Waals surface area contributed by atoms with Gasteiger partial charge in [-0.15, -0.1) is 0 Å². The first-order valence-electron chi connectivity index (χ1n) is 10.2. The Morgan fingerprint density at radius 3 is 2.54 bits per heavy atom. The van der Waals surface area contributed by atoms with E-state index in [1.54, 1.807) is 31.2 Å². The van der Waals surface area contributed by atoms with Gasteiger partial charge in [0.1, 0.15) is 0 Å². The number of anilines is 1. The van der Waals surface area contributed by atoms with E-state index in [0.29, 0.717) is 17.9 Å². The third-order valence-electron chi connectivity index (χ3n) is 5.27. The standard InChI is InChI=1S/C21H29N3O4/c1-2-28-21(27)16-7-9-17(10-8-16)24-19(25)15-18(20(24)26)22-11-6-14-23-12-4-3-5-13-23/h7-10,18,22H,2-6,11-15H2,1H3. The Labute approximate surface area is 166 Å². The van der Waals surface area contributed by atoms with E-state index in [2.05, 4.69) is 10.2 Å². The molecule has 0 spiro atoms. The highest BCUT2D eigenvalue weighted by molar-refractivity contribution is 6.22. The molecule has 0 aliphatic carbocycles. The van der Waals surface area contributed by atoms with E-state index in [0.717, 1.165) is 32.6 Å². The highest BCUT2D eigenvalue weighted by Crippen LogP contribution is 2.23. The summed E-state index contributed by atoms with van der Waals surface area (Å²) in [4.78, 5) is 40.4. The van der Waals surface area contributed by atoms with Crippen LogP contribution in [0.15, 0.2) is 24.3 Å². The van der Waals surface area contributed by atoms with Crippen molar-refractivity contribution in [2.45, 2.75) is 45.1 Å². The van der Waals surface area contributed by atoms with Crippen LogP contribution in [0.3, 0.4) is 0 Å². The van der Waals surface area contributed by atoms with Gasteiger partial charge in [-0.2, -0.15) is 0 Å². The Bertz CT molecular complexity index is 698. The minimum Gasteiger partial charge on any atom is -0.462 e. The van der Waals surface area contributed by atoms with Gasteiger partial charge in [0.05, 0.1) is 30.3 Å². The van der Waals surface area contributed by atoms with Gasteiger partial charge in [-0.25, -0.2) is 9.69 Å².